The third-order valence-corrected chi connectivity index (χ3v) is 5.51. The molecule has 0 atom stereocenters. The number of halogens is 1. The molecule has 1 aliphatic rings. The predicted molar refractivity (Wildman–Crippen MR) is 114 cm³/mol. The lowest BCUT2D eigenvalue weighted by Gasteiger charge is -2.36. The van der Waals surface area contributed by atoms with Crippen molar-refractivity contribution >= 4 is 34.3 Å². The van der Waals surface area contributed by atoms with Gasteiger partial charge in [-0.1, -0.05) is 24.6 Å². The first-order valence-corrected chi connectivity index (χ1v) is 10.2. The van der Waals surface area contributed by atoms with E-state index in [2.05, 4.69) is 35.4 Å². The van der Waals surface area contributed by atoms with Gasteiger partial charge in [-0.05, 0) is 31.2 Å². The Balaban J connectivity index is 1.31. The molecule has 3 heterocycles. The van der Waals surface area contributed by atoms with E-state index in [4.69, 9.17) is 17.3 Å². The predicted octanol–water partition coefficient (Wildman–Crippen LogP) is 2.84. The largest absolute Gasteiger partial charge is 0.382 e. The highest BCUT2D eigenvalue weighted by Crippen LogP contribution is 2.21. The number of anilines is 2. The fourth-order valence-corrected chi connectivity index (χ4v) is 3.89. The standard InChI is InChI=1S/C20H26ClN7/c1-2-17-24-19(22)18-20(25-17)28(14-23-18)8-4-7-26-9-11-27(12-10-26)16-6-3-5-15(21)13-16/h3,5-6,13-14H,2,4,7-12H2,1H3,(H2,22,24,25). The number of imidazole rings is 1. The molecular weight excluding hydrogens is 374 g/mol. The Morgan fingerprint density at radius 3 is 2.68 bits per heavy atom. The van der Waals surface area contributed by atoms with Gasteiger partial charge in [0.15, 0.2) is 11.5 Å². The number of piperazine rings is 1. The van der Waals surface area contributed by atoms with Gasteiger partial charge in [0.05, 0.1) is 6.33 Å². The third kappa shape index (κ3) is 4.05. The zero-order valence-electron chi connectivity index (χ0n) is 16.2. The summed E-state index contributed by atoms with van der Waals surface area (Å²) in [6.45, 7) is 8.15. The van der Waals surface area contributed by atoms with Crippen molar-refractivity contribution in [2.24, 2.45) is 0 Å². The van der Waals surface area contributed by atoms with E-state index >= 15 is 0 Å². The molecule has 148 valence electrons. The van der Waals surface area contributed by atoms with Crippen LogP contribution in [0.15, 0.2) is 30.6 Å². The minimum Gasteiger partial charge on any atom is -0.382 e. The highest BCUT2D eigenvalue weighted by molar-refractivity contribution is 6.30. The summed E-state index contributed by atoms with van der Waals surface area (Å²) in [6.07, 6.45) is 3.64. The Morgan fingerprint density at radius 1 is 1.11 bits per heavy atom. The molecule has 8 heteroatoms. The zero-order valence-corrected chi connectivity index (χ0v) is 16.9. The number of aromatic nitrogens is 4. The molecule has 1 fully saturated rings. The minimum absolute atomic E-state index is 0.470. The Hall–Kier alpha value is -2.38. The topological polar surface area (TPSA) is 76.1 Å². The highest BCUT2D eigenvalue weighted by Gasteiger charge is 2.17. The SMILES string of the molecule is CCc1nc(N)c2ncn(CCCN3CCN(c4cccc(Cl)c4)CC3)c2n1. The van der Waals surface area contributed by atoms with Gasteiger partial charge in [-0.3, -0.25) is 4.90 Å². The molecule has 0 amide bonds. The van der Waals surface area contributed by atoms with Crippen molar-refractivity contribution in [3.05, 3.63) is 41.4 Å². The number of nitrogen functional groups attached to an aromatic ring is 1. The lowest BCUT2D eigenvalue weighted by molar-refractivity contribution is 0.251. The van der Waals surface area contributed by atoms with E-state index < -0.39 is 0 Å². The molecule has 0 spiro atoms. The van der Waals surface area contributed by atoms with E-state index in [1.54, 1.807) is 0 Å². The number of hydrogen-bond acceptors (Lipinski definition) is 6. The van der Waals surface area contributed by atoms with Crippen LogP contribution in [0.25, 0.3) is 11.2 Å². The number of hydrogen-bond donors (Lipinski definition) is 1. The molecule has 1 aromatic carbocycles. The van der Waals surface area contributed by atoms with Crippen LogP contribution in [0.1, 0.15) is 19.2 Å². The monoisotopic (exact) mass is 399 g/mol. The summed E-state index contributed by atoms with van der Waals surface area (Å²) < 4.78 is 2.09. The van der Waals surface area contributed by atoms with Gasteiger partial charge >= 0.3 is 0 Å². The summed E-state index contributed by atoms with van der Waals surface area (Å²) in [4.78, 5) is 18.2. The van der Waals surface area contributed by atoms with Gasteiger partial charge in [-0.2, -0.15) is 0 Å². The molecule has 2 N–H and O–H groups in total. The molecule has 0 unspecified atom stereocenters. The normalized spacial score (nSPS) is 15.4. The van der Waals surface area contributed by atoms with Crippen molar-refractivity contribution in [1.82, 2.24) is 24.4 Å². The average Bonchev–Trinajstić information content (AvgIpc) is 3.12. The van der Waals surface area contributed by atoms with Gasteiger partial charge in [0.2, 0.25) is 0 Å². The van der Waals surface area contributed by atoms with Gasteiger partial charge in [0.25, 0.3) is 0 Å². The first kappa shape index (κ1) is 19.0. The van der Waals surface area contributed by atoms with Crippen LogP contribution in [0.5, 0.6) is 0 Å². The van der Waals surface area contributed by atoms with Crippen LogP contribution in [0.3, 0.4) is 0 Å². The molecule has 0 radical (unpaired) electrons. The molecule has 3 aromatic rings. The Morgan fingerprint density at radius 2 is 1.93 bits per heavy atom. The van der Waals surface area contributed by atoms with Gasteiger partial charge in [-0.15, -0.1) is 0 Å². The second-order valence-electron chi connectivity index (χ2n) is 7.15. The van der Waals surface area contributed by atoms with E-state index in [-0.39, 0.29) is 0 Å². The molecule has 1 saturated heterocycles. The maximum atomic E-state index is 6.12. The second-order valence-corrected chi connectivity index (χ2v) is 7.59. The lowest BCUT2D eigenvalue weighted by Crippen LogP contribution is -2.46. The van der Waals surface area contributed by atoms with Crippen molar-refractivity contribution in [1.29, 1.82) is 0 Å². The molecule has 0 saturated carbocycles. The van der Waals surface area contributed by atoms with E-state index in [0.29, 0.717) is 11.3 Å². The Labute approximate surface area is 170 Å². The van der Waals surface area contributed by atoms with Crippen molar-refractivity contribution in [2.45, 2.75) is 26.3 Å². The summed E-state index contributed by atoms with van der Waals surface area (Å²) >= 11 is 6.12. The number of benzene rings is 1. The molecular formula is C20H26ClN7. The minimum atomic E-state index is 0.470. The summed E-state index contributed by atoms with van der Waals surface area (Å²) in [5.74, 6) is 1.24. The summed E-state index contributed by atoms with van der Waals surface area (Å²) in [5, 5.41) is 0.795. The van der Waals surface area contributed by atoms with Crippen LogP contribution in [0.4, 0.5) is 11.5 Å². The molecule has 28 heavy (non-hydrogen) atoms. The van der Waals surface area contributed by atoms with Crippen LogP contribution in [-0.4, -0.2) is 57.1 Å². The summed E-state index contributed by atoms with van der Waals surface area (Å²) in [5.41, 5.74) is 8.77. The summed E-state index contributed by atoms with van der Waals surface area (Å²) in [7, 11) is 0. The zero-order chi connectivity index (χ0) is 19.5. The number of fused-ring (bicyclic) bond motifs is 1. The second kappa shape index (κ2) is 8.32. The highest BCUT2D eigenvalue weighted by atomic mass is 35.5. The van der Waals surface area contributed by atoms with Gasteiger partial charge in [0.1, 0.15) is 11.3 Å². The first-order valence-electron chi connectivity index (χ1n) is 9.84. The van der Waals surface area contributed by atoms with E-state index in [1.165, 1.54) is 5.69 Å². The quantitative estimate of drug-likeness (QED) is 0.686. The molecule has 2 aromatic heterocycles. The van der Waals surface area contributed by atoms with Crippen LogP contribution in [0.2, 0.25) is 5.02 Å². The molecule has 7 nitrogen and oxygen atoms in total. The average molecular weight is 400 g/mol. The number of nitrogens with zero attached hydrogens (tertiary/aromatic N) is 6. The van der Waals surface area contributed by atoms with E-state index in [1.807, 2.05) is 31.5 Å². The lowest BCUT2D eigenvalue weighted by atomic mass is 10.2. The number of rotatable bonds is 6. The van der Waals surface area contributed by atoms with E-state index in [0.717, 1.165) is 68.6 Å². The van der Waals surface area contributed by atoms with Crippen molar-refractivity contribution < 1.29 is 0 Å². The third-order valence-electron chi connectivity index (χ3n) is 5.27. The first-order chi connectivity index (χ1) is 13.6. The maximum absolute atomic E-state index is 6.12. The van der Waals surface area contributed by atoms with Crippen molar-refractivity contribution in [3.63, 3.8) is 0 Å². The summed E-state index contributed by atoms with van der Waals surface area (Å²) in [6, 6.07) is 8.10. The number of aryl methyl sites for hydroxylation is 2. The van der Waals surface area contributed by atoms with E-state index in [9.17, 15) is 0 Å². The molecule has 4 rings (SSSR count). The van der Waals surface area contributed by atoms with Crippen molar-refractivity contribution in [3.8, 4) is 0 Å². The Kier molecular flexibility index (Phi) is 5.64. The fourth-order valence-electron chi connectivity index (χ4n) is 3.70. The number of nitrogens with two attached hydrogens (primary N) is 1. The van der Waals surface area contributed by atoms with Gasteiger partial charge in [-0.25, -0.2) is 15.0 Å². The fraction of sp³-hybridized carbons (Fsp3) is 0.450. The molecule has 0 aliphatic carbocycles. The van der Waals surface area contributed by atoms with Crippen LogP contribution >= 0.6 is 11.6 Å². The van der Waals surface area contributed by atoms with Crippen molar-refractivity contribution in [2.75, 3.05) is 43.4 Å². The van der Waals surface area contributed by atoms with Crippen LogP contribution < -0.4 is 10.6 Å². The van der Waals surface area contributed by atoms with Crippen LogP contribution in [0, 0.1) is 0 Å². The Bertz CT molecular complexity index is 947. The van der Waals surface area contributed by atoms with Gasteiger partial charge in [0, 0.05) is 49.9 Å². The maximum Gasteiger partial charge on any atom is 0.165 e. The molecule has 0 bridgehead atoms. The smallest absolute Gasteiger partial charge is 0.165 e. The van der Waals surface area contributed by atoms with Gasteiger partial charge < -0.3 is 15.2 Å². The molecule has 1 aliphatic heterocycles. The van der Waals surface area contributed by atoms with Crippen LogP contribution in [-0.2, 0) is 13.0 Å².